The summed E-state index contributed by atoms with van der Waals surface area (Å²) in [6.45, 7) is -0.299. The molecule has 0 heterocycles. The number of halogens is 1. The van der Waals surface area contributed by atoms with Gasteiger partial charge in [-0.05, 0) is 17.8 Å². The Morgan fingerprint density at radius 2 is 1.93 bits per heavy atom. The molecule has 7 heteroatoms. The third kappa shape index (κ3) is 2.85. The molecule has 0 radical (unpaired) electrons. The fourth-order valence-corrected chi connectivity index (χ4v) is 1.29. The van der Waals surface area contributed by atoms with Crippen molar-refractivity contribution in [1.82, 2.24) is 3.82 Å². The summed E-state index contributed by atoms with van der Waals surface area (Å²) >= 11 is 5.25. The van der Waals surface area contributed by atoms with E-state index < -0.39 is 10.3 Å². The van der Waals surface area contributed by atoms with E-state index in [-0.39, 0.29) is 16.1 Å². The SMILES string of the molecule is O=S(=O)(O)N(Cl)Cc1ccccc1O. The van der Waals surface area contributed by atoms with Gasteiger partial charge in [-0.2, -0.15) is 8.42 Å². The van der Waals surface area contributed by atoms with Crippen molar-refractivity contribution in [2.24, 2.45) is 0 Å². The van der Waals surface area contributed by atoms with Gasteiger partial charge in [0.25, 0.3) is 0 Å². The lowest BCUT2D eigenvalue weighted by Crippen LogP contribution is -2.20. The predicted octanol–water partition coefficient (Wildman–Crippen LogP) is 1.15. The topological polar surface area (TPSA) is 77.8 Å². The quantitative estimate of drug-likeness (QED) is 0.611. The van der Waals surface area contributed by atoms with E-state index >= 15 is 0 Å². The van der Waals surface area contributed by atoms with Crippen molar-refractivity contribution in [2.75, 3.05) is 0 Å². The summed E-state index contributed by atoms with van der Waals surface area (Å²) in [4.78, 5) is 0. The average Bonchev–Trinajstić information content (AvgIpc) is 2.07. The molecule has 1 aromatic carbocycles. The summed E-state index contributed by atoms with van der Waals surface area (Å²) in [7, 11) is -4.43. The molecule has 0 aromatic heterocycles. The highest BCUT2D eigenvalue weighted by atomic mass is 35.5. The summed E-state index contributed by atoms with van der Waals surface area (Å²) in [6, 6.07) is 6.09. The maximum Gasteiger partial charge on any atom is 0.349 e. The molecule has 0 spiro atoms. The fraction of sp³-hybridized carbons (Fsp3) is 0.143. The van der Waals surface area contributed by atoms with E-state index in [0.717, 1.165) is 0 Å². The van der Waals surface area contributed by atoms with Gasteiger partial charge in [-0.1, -0.05) is 22.0 Å². The summed E-state index contributed by atoms with van der Waals surface area (Å²) < 4.78 is 29.8. The summed E-state index contributed by atoms with van der Waals surface area (Å²) in [5.41, 5.74) is 0.306. The smallest absolute Gasteiger partial charge is 0.349 e. The molecule has 0 saturated carbocycles. The van der Waals surface area contributed by atoms with Crippen molar-refractivity contribution < 1.29 is 18.1 Å². The second-order valence-electron chi connectivity index (χ2n) is 2.55. The Morgan fingerprint density at radius 1 is 1.36 bits per heavy atom. The summed E-state index contributed by atoms with van der Waals surface area (Å²) in [6.07, 6.45) is 0. The molecule has 1 aromatic rings. The first kappa shape index (κ1) is 11.3. The van der Waals surface area contributed by atoms with Gasteiger partial charge < -0.3 is 5.11 Å². The first-order valence-electron chi connectivity index (χ1n) is 3.59. The highest BCUT2D eigenvalue weighted by Crippen LogP contribution is 2.19. The molecule has 0 bridgehead atoms. The Morgan fingerprint density at radius 3 is 2.43 bits per heavy atom. The third-order valence-electron chi connectivity index (χ3n) is 1.54. The summed E-state index contributed by atoms with van der Waals surface area (Å²) in [5, 5.41) is 9.26. The van der Waals surface area contributed by atoms with Crippen molar-refractivity contribution in [1.29, 1.82) is 0 Å². The van der Waals surface area contributed by atoms with E-state index in [0.29, 0.717) is 5.56 Å². The normalized spacial score (nSPS) is 11.9. The minimum atomic E-state index is -4.43. The molecule has 0 aliphatic rings. The molecule has 0 atom stereocenters. The number of phenols is 1. The molecule has 0 amide bonds. The van der Waals surface area contributed by atoms with E-state index in [9.17, 15) is 13.5 Å². The van der Waals surface area contributed by atoms with Crippen LogP contribution in [-0.2, 0) is 16.8 Å². The number of aromatic hydroxyl groups is 1. The lowest BCUT2D eigenvalue weighted by atomic mass is 10.2. The molecule has 78 valence electrons. The largest absolute Gasteiger partial charge is 0.508 e. The number of hydrogen-bond donors (Lipinski definition) is 2. The Labute approximate surface area is 86.5 Å². The minimum Gasteiger partial charge on any atom is -0.508 e. The van der Waals surface area contributed by atoms with Crippen LogP contribution in [0.2, 0.25) is 0 Å². The second-order valence-corrected chi connectivity index (χ2v) is 4.50. The maximum atomic E-state index is 10.5. The number of phenolic OH excluding ortho intramolecular Hbond substituents is 1. The van der Waals surface area contributed by atoms with Gasteiger partial charge in [0.15, 0.2) is 0 Å². The summed E-state index contributed by atoms with van der Waals surface area (Å²) in [5.74, 6) is -0.0817. The number of nitrogens with zero attached hydrogens (tertiary/aromatic N) is 1. The Kier molecular flexibility index (Phi) is 3.33. The van der Waals surface area contributed by atoms with Gasteiger partial charge >= 0.3 is 10.3 Å². The zero-order valence-corrected chi connectivity index (χ0v) is 8.53. The fourth-order valence-electron chi connectivity index (χ4n) is 0.860. The molecule has 0 aliphatic heterocycles. The van der Waals surface area contributed by atoms with Gasteiger partial charge in [0, 0.05) is 5.56 Å². The van der Waals surface area contributed by atoms with Gasteiger partial charge in [-0.15, -0.1) is 0 Å². The van der Waals surface area contributed by atoms with Crippen LogP contribution in [-0.4, -0.2) is 21.9 Å². The van der Waals surface area contributed by atoms with Gasteiger partial charge in [-0.25, -0.2) is 0 Å². The number of benzene rings is 1. The number of rotatable bonds is 3. The van der Waals surface area contributed by atoms with E-state index in [1.165, 1.54) is 12.1 Å². The van der Waals surface area contributed by atoms with Crippen LogP contribution in [0.1, 0.15) is 5.56 Å². The maximum absolute atomic E-state index is 10.5. The molecular formula is C7H8ClNO4S. The van der Waals surface area contributed by atoms with Crippen LogP contribution in [0.25, 0.3) is 0 Å². The van der Waals surface area contributed by atoms with Crippen LogP contribution < -0.4 is 0 Å². The molecule has 0 unspecified atom stereocenters. The molecule has 0 saturated heterocycles. The van der Waals surface area contributed by atoms with Crippen molar-refractivity contribution in [2.45, 2.75) is 6.54 Å². The third-order valence-corrected chi connectivity index (χ3v) is 2.81. The first-order valence-corrected chi connectivity index (χ1v) is 5.32. The van der Waals surface area contributed by atoms with E-state index in [1.807, 2.05) is 0 Å². The molecule has 2 N–H and O–H groups in total. The lowest BCUT2D eigenvalue weighted by Gasteiger charge is -2.10. The van der Waals surface area contributed by atoms with Crippen LogP contribution in [0.15, 0.2) is 24.3 Å². The average molecular weight is 238 g/mol. The molecular weight excluding hydrogens is 230 g/mol. The van der Waals surface area contributed by atoms with Crippen LogP contribution in [0, 0.1) is 0 Å². The Balaban J connectivity index is 2.85. The van der Waals surface area contributed by atoms with Gasteiger partial charge in [-0.3, -0.25) is 4.55 Å². The van der Waals surface area contributed by atoms with Crippen LogP contribution in [0.3, 0.4) is 0 Å². The van der Waals surface area contributed by atoms with Crippen molar-refractivity contribution in [3.05, 3.63) is 29.8 Å². The number of para-hydroxylation sites is 1. The van der Waals surface area contributed by atoms with Gasteiger partial charge in [0.1, 0.15) is 5.75 Å². The van der Waals surface area contributed by atoms with E-state index in [1.54, 1.807) is 12.1 Å². The molecule has 0 fully saturated rings. The van der Waals surface area contributed by atoms with Gasteiger partial charge in [0.2, 0.25) is 0 Å². The van der Waals surface area contributed by atoms with Gasteiger partial charge in [0.05, 0.1) is 6.54 Å². The molecule has 1 rings (SSSR count). The zero-order valence-electron chi connectivity index (χ0n) is 6.96. The van der Waals surface area contributed by atoms with Crippen molar-refractivity contribution >= 4 is 22.1 Å². The lowest BCUT2D eigenvalue weighted by molar-refractivity contribution is 0.421. The minimum absolute atomic E-state index is 0.0817. The predicted molar refractivity (Wildman–Crippen MR) is 51.1 cm³/mol. The molecule has 5 nitrogen and oxygen atoms in total. The standard InChI is InChI=1S/C7H8ClNO4S/c8-9(14(11,12)13)5-6-3-1-2-4-7(6)10/h1-4,10H,5H2,(H,11,12,13). The highest BCUT2D eigenvalue weighted by Gasteiger charge is 2.17. The Hall–Kier alpha value is -0.820. The monoisotopic (exact) mass is 237 g/mol. The van der Waals surface area contributed by atoms with Crippen LogP contribution >= 0.6 is 11.8 Å². The highest BCUT2D eigenvalue weighted by molar-refractivity contribution is 7.84. The molecule has 0 aliphatic carbocycles. The van der Waals surface area contributed by atoms with Crippen LogP contribution in [0.5, 0.6) is 5.75 Å². The second kappa shape index (κ2) is 4.14. The van der Waals surface area contributed by atoms with Crippen LogP contribution in [0.4, 0.5) is 0 Å². The van der Waals surface area contributed by atoms with E-state index in [2.05, 4.69) is 0 Å². The van der Waals surface area contributed by atoms with E-state index in [4.69, 9.17) is 16.3 Å². The van der Waals surface area contributed by atoms with Crippen molar-refractivity contribution in [3.63, 3.8) is 0 Å². The zero-order chi connectivity index (χ0) is 10.8. The number of hydrogen-bond acceptors (Lipinski definition) is 3. The first-order chi connectivity index (χ1) is 6.41. The van der Waals surface area contributed by atoms with Crippen molar-refractivity contribution in [3.8, 4) is 5.75 Å². The molecule has 14 heavy (non-hydrogen) atoms. The Bertz CT molecular complexity index is 419.